The van der Waals surface area contributed by atoms with E-state index in [-0.39, 0.29) is 6.04 Å². The van der Waals surface area contributed by atoms with Gasteiger partial charge in [-0.25, -0.2) is 0 Å². The first-order valence-electron chi connectivity index (χ1n) is 6.07. The van der Waals surface area contributed by atoms with E-state index in [0.717, 1.165) is 5.56 Å². The summed E-state index contributed by atoms with van der Waals surface area (Å²) in [6, 6.07) is 13.6. The van der Waals surface area contributed by atoms with Gasteiger partial charge in [-0.1, -0.05) is 47.5 Å². The Hall–Kier alpha value is -1.06. The van der Waals surface area contributed by atoms with Crippen molar-refractivity contribution < 1.29 is 0 Å². The molecular weight excluding hydrogens is 279 g/mol. The number of hydrogen-bond donors (Lipinski definition) is 2. The van der Waals surface area contributed by atoms with Gasteiger partial charge in [-0.15, -0.1) is 0 Å². The first kappa shape index (κ1) is 14.4. The third-order valence-corrected chi connectivity index (χ3v) is 3.80. The van der Waals surface area contributed by atoms with Crippen LogP contribution in [0.4, 0.5) is 0 Å². The summed E-state index contributed by atoms with van der Waals surface area (Å²) < 4.78 is 0. The van der Waals surface area contributed by atoms with Crippen LogP contribution in [-0.4, -0.2) is 0 Å². The van der Waals surface area contributed by atoms with Crippen molar-refractivity contribution in [3.8, 4) is 0 Å². The average molecular weight is 295 g/mol. The number of aryl methyl sites for hydroxylation is 1. The molecule has 0 aliphatic carbocycles. The first-order valence-corrected chi connectivity index (χ1v) is 6.83. The molecule has 100 valence electrons. The molecule has 0 amide bonds. The lowest BCUT2D eigenvalue weighted by Gasteiger charge is -2.19. The zero-order valence-electron chi connectivity index (χ0n) is 10.7. The Bertz CT molecular complexity index is 570. The van der Waals surface area contributed by atoms with E-state index in [1.54, 1.807) is 6.07 Å². The van der Waals surface area contributed by atoms with Crippen molar-refractivity contribution in [1.82, 2.24) is 5.43 Å². The predicted octanol–water partition coefficient (Wildman–Crippen LogP) is 4.05. The largest absolute Gasteiger partial charge is 0.271 e. The molecule has 0 saturated heterocycles. The fourth-order valence-electron chi connectivity index (χ4n) is 2.16. The quantitative estimate of drug-likeness (QED) is 0.659. The molecule has 0 radical (unpaired) electrons. The number of halogens is 2. The molecule has 0 saturated carbocycles. The maximum Gasteiger partial charge on any atom is 0.0503 e. The Morgan fingerprint density at radius 1 is 1.16 bits per heavy atom. The Morgan fingerprint density at radius 2 is 1.89 bits per heavy atom. The lowest BCUT2D eigenvalue weighted by Crippen LogP contribution is -2.30. The highest BCUT2D eigenvalue weighted by Crippen LogP contribution is 2.27. The lowest BCUT2D eigenvalue weighted by molar-refractivity contribution is 0.549. The highest BCUT2D eigenvalue weighted by atomic mass is 35.5. The SMILES string of the molecule is Cc1ccccc1C(Cc1cc(Cl)ccc1Cl)NN. The molecule has 0 fully saturated rings. The molecule has 2 rings (SSSR count). The minimum atomic E-state index is 0.0113. The molecule has 2 aromatic rings. The summed E-state index contributed by atoms with van der Waals surface area (Å²) in [6.07, 6.45) is 0.695. The summed E-state index contributed by atoms with van der Waals surface area (Å²) in [5.74, 6) is 5.68. The van der Waals surface area contributed by atoms with E-state index >= 15 is 0 Å². The molecule has 0 spiro atoms. The molecule has 2 aromatic carbocycles. The zero-order valence-corrected chi connectivity index (χ0v) is 12.2. The van der Waals surface area contributed by atoms with Crippen LogP contribution < -0.4 is 11.3 Å². The van der Waals surface area contributed by atoms with Gasteiger partial charge in [0, 0.05) is 10.0 Å². The van der Waals surface area contributed by atoms with Crippen molar-refractivity contribution in [2.45, 2.75) is 19.4 Å². The smallest absolute Gasteiger partial charge is 0.0503 e. The second-order valence-electron chi connectivity index (χ2n) is 4.52. The van der Waals surface area contributed by atoms with Crippen molar-refractivity contribution in [2.75, 3.05) is 0 Å². The van der Waals surface area contributed by atoms with Gasteiger partial charge in [0.05, 0.1) is 6.04 Å². The molecule has 1 unspecified atom stereocenters. The Labute approximate surface area is 123 Å². The topological polar surface area (TPSA) is 38.0 Å². The lowest BCUT2D eigenvalue weighted by atomic mass is 9.96. The van der Waals surface area contributed by atoms with Crippen LogP contribution in [0.15, 0.2) is 42.5 Å². The Balaban J connectivity index is 2.29. The molecule has 0 aliphatic rings. The second-order valence-corrected chi connectivity index (χ2v) is 5.36. The van der Waals surface area contributed by atoms with Gasteiger partial charge >= 0.3 is 0 Å². The molecule has 2 nitrogen and oxygen atoms in total. The molecule has 4 heteroatoms. The number of hydrazine groups is 1. The number of nitrogens with one attached hydrogen (secondary N) is 1. The summed E-state index contributed by atoms with van der Waals surface area (Å²) in [7, 11) is 0. The van der Waals surface area contributed by atoms with Gasteiger partial charge in [0.15, 0.2) is 0 Å². The summed E-state index contributed by atoms with van der Waals surface area (Å²) in [6.45, 7) is 2.07. The van der Waals surface area contributed by atoms with Crippen LogP contribution in [0.25, 0.3) is 0 Å². The predicted molar refractivity (Wildman–Crippen MR) is 81.4 cm³/mol. The van der Waals surface area contributed by atoms with Crippen LogP contribution in [0.3, 0.4) is 0 Å². The number of hydrogen-bond acceptors (Lipinski definition) is 2. The van der Waals surface area contributed by atoms with E-state index in [9.17, 15) is 0 Å². The summed E-state index contributed by atoms with van der Waals surface area (Å²) in [5, 5.41) is 1.39. The molecule has 0 heterocycles. The van der Waals surface area contributed by atoms with Crippen molar-refractivity contribution in [1.29, 1.82) is 0 Å². The van der Waals surface area contributed by atoms with Gasteiger partial charge in [-0.2, -0.15) is 0 Å². The van der Waals surface area contributed by atoms with Crippen LogP contribution in [0.5, 0.6) is 0 Å². The van der Waals surface area contributed by atoms with E-state index in [1.807, 2.05) is 24.3 Å². The maximum absolute atomic E-state index is 6.20. The molecule has 0 aliphatic heterocycles. The van der Waals surface area contributed by atoms with Crippen LogP contribution in [0, 0.1) is 6.92 Å². The Kier molecular flexibility index (Phi) is 4.83. The number of nitrogens with two attached hydrogens (primary N) is 1. The minimum absolute atomic E-state index is 0.0113. The van der Waals surface area contributed by atoms with Gasteiger partial charge in [0.1, 0.15) is 0 Å². The van der Waals surface area contributed by atoms with Crippen LogP contribution >= 0.6 is 23.2 Å². The van der Waals surface area contributed by atoms with Crippen LogP contribution in [-0.2, 0) is 6.42 Å². The van der Waals surface area contributed by atoms with Crippen molar-refractivity contribution >= 4 is 23.2 Å². The first-order chi connectivity index (χ1) is 9.11. The summed E-state index contributed by atoms with van der Waals surface area (Å²) >= 11 is 12.2. The number of rotatable bonds is 4. The fraction of sp³-hybridized carbons (Fsp3) is 0.200. The third-order valence-electron chi connectivity index (χ3n) is 3.20. The molecule has 0 bridgehead atoms. The third kappa shape index (κ3) is 3.48. The Morgan fingerprint density at radius 3 is 2.58 bits per heavy atom. The molecule has 3 N–H and O–H groups in total. The monoisotopic (exact) mass is 294 g/mol. The van der Waals surface area contributed by atoms with Crippen LogP contribution in [0.2, 0.25) is 10.0 Å². The van der Waals surface area contributed by atoms with Gasteiger partial charge < -0.3 is 0 Å². The van der Waals surface area contributed by atoms with Crippen LogP contribution in [0.1, 0.15) is 22.7 Å². The van der Waals surface area contributed by atoms with E-state index in [1.165, 1.54) is 11.1 Å². The second kappa shape index (κ2) is 6.40. The van der Waals surface area contributed by atoms with E-state index in [0.29, 0.717) is 16.5 Å². The molecule has 1 atom stereocenters. The van der Waals surface area contributed by atoms with E-state index in [2.05, 4.69) is 24.5 Å². The molecular formula is C15H16Cl2N2. The highest BCUT2D eigenvalue weighted by Gasteiger charge is 2.14. The average Bonchev–Trinajstić information content (AvgIpc) is 2.41. The zero-order chi connectivity index (χ0) is 13.8. The van der Waals surface area contributed by atoms with Gasteiger partial charge in [0.25, 0.3) is 0 Å². The van der Waals surface area contributed by atoms with Crippen molar-refractivity contribution in [3.63, 3.8) is 0 Å². The summed E-state index contributed by atoms with van der Waals surface area (Å²) in [4.78, 5) is 0. The van der Waals surface area contributed by atoms with E-state index < -0.39 is 0 Å². The standard InChI is InChI=1S/C15H16Cl2N2/c1-10-4-2-3-5-13(10)15(19-18)9-11-8-12(16)6-7-14(11)17/h2-8,15,19H,9,18H2,1H3. The van der Waals surface area contributed by atoms with Crippen molar-refractivity contribution in [3.05, 3.63) is 69.2 Å². The normalized spacial score (nSPS) is 12.4. The fourth-order valence-corrected chi connectivity index (χ4v) is 2.55. The molecule has 0 aromatic heterocycles. The summed E-state index contributed by atoms with van der Waals surface area (Å²) in [5.41, 5.74) is 6.20. The highest BCUT2D eigenvalue weighted by molar-refractivity contribution is 6.33. The van der Waals surface area contributed by atoms with Gasteiger partial charge in [-0.3, -0.25) is 11.3 Å². The van der Waals surface area contributed by atoms with Crippen molar-refractivity contribution in [2.24, 2.45) is 5.84 Å². The van der Waals surface area contributed by atoms with Gasteiger partial charge in [-0.05, 0) is 48.2 Å². The minimum Gasteiger partial charge on any atom is -0.271 e. The molecule has 19 heavy (non-hydrogen) atoms. The maximum atomic E-state index is 6.20. The number of benzene rings is 2. The van der Waals surface area contributed by atoms with Gasteiger partial charge in [0.2, 0.25) is 0 Å². The van der Waals surface area contributed by atoms with E-state index in [4.69, 9.17) is 29.0 Å².